The molecule has 1 heterocycles. The van der Waals surface area contributed by atoms with Crippen molar-refractivity contribution in [3.63, 3.8) is 0 Å². The molecule has 0 spiro atoms. The van der Waals surface area contributed by atoms with Gasteiger partial charge in [0.25, 0.3) is 5.91 Å². The number of rotatable bonds is 5. The molecule has 1 atom stereocenters. The van der Waals surface area contributed by atoms with Gasteiger partial charge in [0, 0.05) is 7.05 Å². The van der Waals surface area contributed by atoms with E-state index in [1.807, 2.05) is 13.8 Å². The monoisotopic (exact) mass is 238 g/mol. The van der Waals surface area contributed by atoms with Crippen LogP contribution in [0, 0.1) is 5.92 Å². The normalized spacial score (nSPS) is 12.2. The number of carbonyl (C=O) groups excluding carboxylic acids is 2. The van der Waals surface area contributed by atoms with E-state index in [-0.39, 0.29) is 17.6 Å². The van der Waals surface area contributed by atoms with Crippen molar-refractivity contribution in [1.82, 2.24) is 10.6 Å². The van der Waals surface area contributed by atoms with Gasteiger partial charge >= 0.3 is 0 Å². The smallest absolute Gasteiger partial charge is 0.287 e. The number of carbonyl (C=O) groups is 2. The van der Waals surface area contributed by atoms with E-state index in [2.05, 4.69) is 10.6 Å². The highest BCUT2D eigenvalue weighted by Gasteiger charge is 2.22. The molecule has 0 saturated carbocycles. The van der Waals surface area contributed by atoms with Crippen molar-refractivity contribution in [3.8, 4) is 0 Å². The van der Waals surface area contributed by atoms with Crippen LogP contribution in [0.3, 0.4) is 0 Å². The van der Waals surface area contributed by atoms with Crippen LogP contribution in [-0.2, 0) is 4.79 Å². The van der Waals surface area contributed by atoms with E-state index in [4.69, 9.17) is 4.42 Å². The summed E-state index contributed by atoms with van der Waals surface area (Å²) >= 11 is 0. The molecule has 0 bridgehead atoms. The molecule has 2 amide bonds. The largest absolute Gasteiger partial charge is 0.459 e. The molecule has 1 aromatic rings. The zero-order valence-corrected chi connectivity index (χ0v) is 10.3. The van der Waals surface area contributed by atoms with Gasteiger partial charge in [-0.3, -0.25) is 9.59 Å². The lowest BCUT2D eigenvalue weighted by Crippen LogP contribution is -2.46. The maximum Gasteiger partial charge on any atom is 0.287 e. The second-order valence-corrected chi connectivity index (χ2v) is 4.25. The second-order valence-electron chi connectivity index (χ2n) is 4.25. The fourth-order valence-corrected chi connectivity index (χ4v) is 1.51. The molecule has 0 saturated heterocycles. The third-order valence-electron chi connectivity index (χ3n) is 2.32. The molecular weight excluding hydrogens is 220 g/mol. The van der Waals surface area contributed by atoms with Crippen LogP contribution in [0.25, 0.3) is 0 Å². The minimum atomic E-state index is -0.530. The Morgan fingerprint density at radius 1 is 1.41 bits per heavy atom. The van der Waals surface area contributed by atoms with Crippen LogP contribution in [0.2, 0.25) is 0 Å². The molecule has 94 valence electrons. The van der Waals surface area contributed by atoms with Gasteiger partial charge in [0.05, 0.1) is 6.26 Å². The lowest BCUT2D eigenvalue weighted by atomic mass is 10.0. The Morgan fingerprint density at radius 3 is 2.59 bits per heavy atom. The predicted molar refractivity (Wildman–Crippen MR) is 63.5 cm³/mol. The number of nitrogens with one attached hydrogen (secondary N) is 2. The van der Waals surface area contributed by atoms with Crippen molar-refractivity contribution in [3.05, 3.63) is 24.2 Å². The lowest BCUT2D eigenvalue weighted by Gasteiger charge is -2.18. The van der Waals surface area contributed by atoms with Gasteiger partial charge in [0.2, 0.25) is 5.91 Å². The average Bonchev–Trinajstić information content (AvgIpc) is 2.79. The fourth-order valence-electron chi connectivity index (χ4n) is 1.51. The predicted octanol–water partition coefficient (Wildman–Crippen LogP) is 1.17. The minimum absolute atomic E-state index is 0.196. The number of furan rings is 1. The van der Waals surface area contributed by atoms with Crippen molar-refractivity contribution in [1.29, 1.82) is 0 Å². The molecule has 0 aliphatic carbocycles. The van der Waals surface area contributed by atoms with Crippen LogP contribution in [-0.4, -0.2) is 24.9 Å². The van der Waals surface area contributed by atoms with E-state index in [0.29, 0.717) is 12.3 Å². The Labute approximate surface area is 101 Å². The van der Waals surface area contributed by atoms with E-state index < -0.39 is 6.04 Å². The van der Waals surface area contributed by atoms with Gasteiger partial charge < -0.3 is 15.1 Å². The van der Waals surface area contributed by atoms with Crippen molar-refractivity contribution in [2.24, 2.45) is 5.92 Å². The molecule has 0 fully saturated rings. The van der Waals surface area contributed by atoms with E-state index in [0.717, 1.165) is 0 Å². The van der Waals surface area contributed by atoms with Gasteiger partial charge in [-0.05, 0) is 24.5 Å². The zero-order valence-electron chi connectivity index (χ0n) is 10.3. The summed E-state index contributed by atoms with van der Waals surface area (Å²) in [4.78, 5) is 23.3. The molecule has 0 aliphatic rings. The van der Waals surface area contributed by atoms with Crippen LogP contribution in [0.15, 0.2) is 22.8 Å². The first-order chi connectivity index (χ1) is 8.04. The summed E-state index contributed by atoms with van der Waals surface area (Å²) in [6.07, 6.45) is 2.01. The molecule has 0 radical (unpaired) electrons. The molecule has 0 aromatic carbocycles. The number of hydrogen-bond donors (Lipinski definition) is 2. The standard InChI is InChI=1S/C12H18N2O3/c1-8(2)7-9(11(15)13-3)14-12(16)10-5-4-6-17-10/h4-6,8-9H,7H2,1-3H3,(H,13,15)(H,14,16). The Kier molecular flexibility index (Phi) is 4.75. The SMILES string of the molecule is CNC(=O)C(CC(C)C)NC(=O)c1ccco1. The van der Waals surface area contributed by atoms with Crippen molar-refractivity contribution < 1.29 is 14.0 Å². The molecule has 5 nitrogen and oxygen atoms in total. The molecule has 2 N–H and O–H groups in total. The Hall–Kier alpha value is -1.78. The topological polar surface area (TPSA) is 71.3 Å². The van der Waals surface area contributed by atoms with Crippen molar-refractivity contribution in [2.75, 3.05) is 7.05 Å². The van der Waals surface area contributed by atoms with Gasteiger partial charge in [0.1, 0.15) is 6.04 Å². The van der Waals surface area contributed by atoms with Gasteiger partial charge in [0.15, 0.2) is 5.76 Å². The highest BCUT2D eigenvalue weighted by molar-refractivity contribution is 5.95. The Balaban J connectivity index is 2.66. The van der Waals surface area contributed by atoms with Gasteiger partial charge in [-0.2, -0.15) is 0 Å². The summed E-state index contributed by atoms with van der Waals surface area (Å²) < 4.78 is 4.97. The third kappa shape index (κ3) is 3.94. The zero-order chi connectivity index (χ0) is 12.8. The van der Waals surface area contributed by atoms with Crippen LogP contribution >= 0.6 is 0 Å². The molecule has 1 unspecified atom stereocenters. The summed E-state index contributed by atoms with van der Waals surface area (Å²) in [7, 11) is 1.55. The summed E-state index contributed by atoms with van der Waals surface area (Å²) in [5.74, 6) is -0.0419. The molecule has 17 heavy (non-hydrogen) atoms. The first-order valence-corrected chi connectivity index (χ1v) is 5.60. The summed E-state index contributed by atoms with van der Waals surface area (Å²) in [6, 6.07) is 2.66. The third-order valence-corrected chi connectivity index (χ3v) is 2.32. The van der Waals surface area contributed by atoms with E-state index in [1.54, 1.807) is 19.2 Å². The molecular formula is C12H18N2O3. The first-order valence-electron chi connectivity index (χ1n) is 5.60. The van der Waals surface area contributed by atoms with E-state index in [1.165, 1.54) is 6.26 Å². The summed E-state index contributed by atoms with van der Waals surface area (Å²) in [6.45, 7) is 3.99. The highest BCUT2D eigenvalue weighted by atomic mass is 16.3. The molecule has 1 rings (SSSR count). The fraction of sp³-hybridized carbons (Fsp3) is 0.500. The number of likely N-dealkylation sites (N-methyl/N-ethyl adjacent to an activating group) is 1. The maximum atomic E-state index is 11.7. The van der Waals surface area contributed by atoms with Gasteiger partial charge in [-0.15, -0.1) is 0 Å². The molecule has 0 aliphatic heterocycles. The van der Waals surface area contributed by atoms with Crippen LogP contribution in [0.5, 0.6) is 0 Å². The van der Waals surface area contributed by atoms with E-state index >= 15 is 0 Å². The summed E-state index contributed by atoms with van der Waals surface area (Å²) in [5.41, 5.74) is 0. The van der Waals surface area contributed by atoms with Crippen LogP contribution in [0.4, 0.5) is 0 Å². The van der Waals surface area contributed by atoms with Crippen molar-refractivity contribution in [2.45, 2.75) is 26.3 Å². The molecule has 1 aromatic heterocycles. The lowest BCUT2D eigenvalue weighted by molar-refractivity contribution is -0.122. The minimum Gasteiger partial charge on any atom is -0.459 e. The van der Waals surface area contributed by atoms with Crippen LogP contribution in [0.1, 0.15) is 30.8 Å². The maximum absolute atomic E-state index is 11.7. The Morgan fingerprint density at radius 2 is 2.12 bits per heavy atom. The summed E-state index contributed by atoms with van der Waals surface area (Å²) in [5, 5.41) is 5.19. The second kappa shape index (κ2) is 6.08. The first kappa shape index (κ1) is 13.3. The highest BCUT2D eigenvalue weighted by Crippen LogP contribution is 2.07. The number of hydrogen-bond acceptors (Lipinski definition) is 3. The quantitative estimate of drug-likeness (QED) is 0.809. The average molecular weight is 238 g/mol. The Bertz CT molecular complexity index is 371. The molecule has 5 heteroatoms. The van der Waals surface area contributed by atoms with Crippen molar-refractivity contribution >= 4 is 11.8 Å². The van der Waals surface area contributed by atoms with E-state index in [9.17, 15) is 9.59 Å². The van der Waals surface area contributed by atoms with Crippen LogP contribution < -0.4 is 10.6 Å². The number of amides is 2. The van der Waals surface area contributed by atoms with Gasteiger partial charge in [-0.1, -0.05) is 13.8 Å². The van der Waals surface area contributed by atoms with Gasteiger partial charge in [-0.25, -0.2) is 0 Å².